The maximum Gasteiger partial charge on any atom is 0.196 e. The molecule has 1 unspecified atom stereocenters. The highest BCUT2D eigenvalue weighted by Crippen LogP contribution is 2.26. The lowest BCUT2D eigenvalue weighted by Crippen LogP contribution is -2.04. The predicted molar refractivity (Wildman–Crippen MR) is 82.2 cm³/mol. The first-order valence-corrected chi connectivity index (χ1v) is 7.39. The van der Waals surface area contributed by atoms with Crippen molar-refractivity contribution in [3.8, 4) is 11.1 Å². The molecule has 1 nitrogen and oxygen atoms in total. The summed E-state index contributed by atoms with van der Waals surface area (Å²) in [5.41, 5.74) is 2.38. The van der Waals surface area contributed by atoms with Gasteiger partial charge in [0.15, 0.2) is 5.12 Å². The molecule has 0 saturated carbocycles. The average Bonchev–Trinajstić information content (AvgIpc) is 2.48. The van der Waals surface area contributed by atoms with Crippen LogP contribution in [-0.4, -0.2) is 5.12 Å². The second-order valence-electron chi connectivity index (χ2n) is 4.62. The molecule has 1 atom stereocenters. The van der Waals surface area contributed by atoms with Gasteiger partial charge < -0.3 is 0 Å². The molecule has 19 heavy (non-hydrogen) atoms. The van der Waals surface area contributed by atoms with Crippen molar-refractivity contribution in [1.29, 1.82) is 0 Å². The maximum absolute atomic E-state index is 11.9. The lowest BCUT2D eigenvalue weighted by molar-refractivity contribution is -0.113. The van der Waals surface area contributed by atoms with E-state index in [1.807, 2.05) is 44.2 Å². The Bertz CT molecular complexity index is 531. The van der Waals surface area contributed by atoms with E-state index in [1.165, 1.54) is 22.9 Å². The van der Waals surface area contributed by atoms with E-state index in [1.54, 1.807) is 0 Å². The van der Waals surface area contributed by atoms with Crippen LogP contribution in [0.1, 0.15) is 20.3 Å². The summed E-state index contributed by atoms with van der Waals surface area (Å²) in [5, 5.41) is 0.245. The van der Waals surface area contributed by atoms with Gasteiger partial charge in [0.2, 0.25) is 0 Å². The molecule has 0 heterocycles. The fourth-order valence-electron chi connectivity index (χ4n) is 1.73. The molecular formula is C17H18OS. The first-order valence-electron chi connectivity index (χ1n) is 6.58. The molecule has 98 valence electrons. The fourth-order valence-corrected chi connectivity index (χ4v) is 2.60. The maximum atomic E-state index is 11.9. The Morgan fingerprint density at radius 1 is 1.00 bits per heavy atom. The van der Waals surface area contributed by atoms with Gasteiger partial charge in [-0.25, -0.2) is 0 Å². The summed E-state index contributed by atoms with van der Waals surface area (Å²) in [6.45, 7) is 4.02. The average molecular weight is 270 g/mol. The molecule has 0 aromatic heterocycles. The molecule has 2 rings (SSSR count). The van der Waals surface area contributed by atoms with Crippen molar-refractivity contribution in [2.75, 3.05) is 0 Å². The van der Waals surface area contributed by atoms with Crippen molar-refractivity contribution < 1.29 is 4.79 Å². The van der Waals surface area contributed by atoms with Gasteiger partial charge >= 0.3 is 0 Å². The van der Waals surface area contributed by atoms with Gasteiger partial charge in [-0.2, -0.15) is 0 Å². The molecule has 0 saturated heterocycles. The minimum Gasteiger partial charge on any atom is -0.287 e. The zero-order chi connectivity index (χ0) is 13.7. The third kappa shape index (κ3) is 3.71. The smallest absolute Gasteiger partial charge is 0.196 e. The second-order valence-corrected chi connectivity index (χ2v) is 5.70. The van der Waals surface area contributed by atoms with Crippen LogP contribution in [0.5, 0.6) is 0 Å². The Hall–Kier alpha value is -1.54. The summed E-state index contributed by atoms with van der Waals surface area (Å²) < 4.78 is 0. The number of carbonyl (C=O) groups excluding carboxylic acids is 1. The third-order valence-electron chi connectivity index (χ3n) is 3.19. The van der Waals surface area contributed by atoms with E-state index in [9.17, 15) is 4.79 Å². The molecule has 0 fully saturated rings. The van der Waals surface area contributed by atoms with Crippen molar-refractivity contribution >= 4 is 16.9 Å². The van der Waals surface area contributed by atoms with Crippen LogP contribution in [-0.2, 0) is 4.79 Å². The zero-order valence-electron chi connectivity index (χ0n) is 11.3. The topological polar surface area (TPSA) is 17.1 Å². The van der Waals surface area contributed by atoms with E-state index in [0.29, 0.717) is 0 Å². The number of hydrogen-bond acceptors (Lipinski definition) is 2. The molecule has 0 aliphatic rings. The molecule has 2 aromatic rings. The highest BCUT2D eigenvalue weighted by molar-refractivity contribution is 8.13. The lowest BCUT2D eigenvalue weighted by Gasteiger charge is -2.07. The quantitative estimate of drug-likeness (QED) is 0.726. The molecule has 0 aliphatic carbocycles. The van der Waals surface area contributed by atoms with Crippen LogP contribution in [0.2, 0.25) is 0 Å². The Morgan fingerprint density at radius 2 is 1.58 bits per heavy atom. The number of benzene rings is 2. The first kappa shape index (κ1) is 13.9. The van der Waals surface area contributed by atoms with Gasteiger partial charge in [0, 0.05) is 10.8 Å². The number of rotatable bonds is 4. The van der Waals surface area contributed by atoms with Gasteiger partial charge in [-0.1, -0.05) is 68.1 Å². The Morgan fingerprint density at radius 3 is 2.16 bits per heavy atom. The molecule has 0 radical (unpaired) electrons. The zero-order valence-corrected chi connectivity index (χ0v) is 12.1. The molecule has 0 bridgehead atoms. The van der Waals surface area contributed by atoms with E-state index in [0.717, 1.165) is 11.3 Å². The van der Waals surface area contributed by atoms with Crippen molar-refractivity contribution in [3.05, 3.63) is 54.6 Å². The van der Waals surface area contributed by atoms with Gasteiger partial charge in [0.1, 0.15) is 0 Å². The van der Waals surface area contributed by atoms with E-state index in [2.05, 4.69) is 24.3 Å². The first-order chi connectivity index (χ1) is 9.20. The molecular weight excluding hydrogens is 252 g/mol. The van der Waals surface area contributed by atoms with Crippen molar-refractivity contribution in [3.63, 3.8) is 0 Å². The summed E-state index contributed by atoms with van der Waals surface area (Å²) in [5.74, 6) is 0.124. The normalized spacial score (nSPS) is 12.1. The predicted octanol–water partition coefficient (Wildman–Crippen LogP) is 5.02. The molecule has 2 aromatic carbocycles. The highest BCUT2D eigenvalue weighted by atomic mass is 32.2. The van der Waals surface area contributed by atoms with Gasteiger partial charge in [-0.05, 0) is 29.7 Å². The molecule has 0 N–H and O–H groups in total. The minimum atomic E-state index is 0.124. The van der Waals surface area contributed by atoms with Crippen molar-refractivity contribution in [2.45, 2.75) is 25.2 Å². The Labute approximate surface area is 119 Å². The summed E-state index contributed by atoms with van der Waals surface area (Å²) in [4.78, 5) is 12.9. The largest absolute Gasteiger partial charge is 0.287 e. The molecule has 0 aliphatic heterocycles. The summed E-state index contributed by atoms with van der Waals surface area (Å²) in [7, 11) is 0. The monoisotopic (exact) mass is 270 g/mol. The van der Waals surface area contributed by atoms with Crippen LogP contribution in [0.25, 0.3) is 11.1 Å². The summed E-state index contributed by atoms with van der Waals surface area (Å²) in [6.07, 6.45) is 0.897. The van der Waals surface area contributed by atoms with Crippen molar-refractivity contribution in [2.24, 2.45) is 5.92 Å². The standard InChI is InChI=1S/C17H18OS/c1-3-13(2)17(18)19-16-11-9-15(10-12-16)14-7-5-4-6-8-14/h4-13H,3H2,1-2H3. The lowest BCUT2D eigenvalue weighted by atomic mass is 10.1. The van der Waals surface area contributed by atoms with Crippen molar-refractivity contribution in [1.82, 2.24) is 0 Å². The van der Waals surface area contributed by atoms with E-state index in [4.69, 9.17) is 0 Å². The SMILES string of the molecule is CCC(C)C(=O)Sc1ccc(-c2ccccc2)cc1. The van der Waals surface area contributed by atoms with Crippen LogP contribution >= 0.6 is 11.8 Å². The Balaban J connectivity index is 2.09. The van der Waals surface area contributed by atoms with E-state index >= 15 is 0 Å². The summed E-state index contributed by atoms with van der Waals surface area (Å²) in [6, 6.07) is 18.4. The highest BCUT2D eigenvalue weighted by Gasteiger charge is 2.12. The van der Waals surface area contributed by atoms with Crippen LogP contribution in [0, 0.1) is 5.92 Å². The van der Waals surface area contributed by atoms with Gasteiger partial charge in [0.05, 0.1) is 0 Å². The third-order valence-corrected chi connectivity index (χ3v) is 4.31. The number of thioether (sulfide) groups is 1. The van der Waals surface area contributed by atoms with Crippen LogP contribution in [0.3, 0.4) is 0 Å². The molecule has 0 spiro atoms. The molecule has 2 heteroatoms. The Kier molecular flexibility index (Phi) is 4.80. The minimum absolute atomic E-state index is 0.124. The van der Waals surface area contributed by atoms with Crippen LogP contribution in [0.15, 0.2) is 59.5 Å². The van der Waals surface area contributed by atoms with Gasteiger partial charge in [0.25, 0.3) is 0 Å². The van der Waals surface area contributed by atoms with Gasteiger partial charge in [-0.15, -0.1) is 0 Å². The second kappa shape index (κ2) is 6.58. The molecule has 0 amide bonds. The van der Waals surface area contributed by atoms with Gasteiger partial charge in [-0.3, -0.25) is 4.79 Å². The van der Waals surface area contributed by atoms with E-state index in [-0.39, 0.29) is 11.0 Å². The van der Waals surface area contributed by atoms with E-state index < -0.39 is 0 Å². The fraction of sp³-hybridized carbons (Fsp3) is 0.235. The van der Waals surface area contributed by atoms with Crippen LogP contribution < -0.4 is 0 Å². The van der Waals surface area contributed by atoms with Crippen LogP contribution in [0.4, 0.5) is 0 Å². The number of carbonyl (C=O) groups is 1. The summed E-state index contributed by atoms with van der Waals surface area (Å²) >= 11 is 1.34. The number of hydrogen-bond donors (Lipinski definition) is 0.